The number of ether oxygens (including phenoxy) is 1. The Morgan fingerprint density at radius 2 is 0.783 bits per heavy atom. The molecule has 2 aliphatic rings. The Bertz CT molecular complexity index is 3260. The van der Waals surface area contributed by atoms with Crippen molar-refractivity contribution in [2.45, 2.75) is 5.41 Å². The van der Waals surface area contributed by atoms with Gasteiger partial charge in [-0.3, -0.25) is 0 Å². The lowest BCUT2D eigenvalue weighted by atomic mass is 9.66. The average molecular weight is 766 g/mol. The molecule has 1 aliphatic carbocycles. The van der Waals surface area contributed by atoms with Gasteiger partial charge in [-0.1, -0.05) is 188 Å². The predicted octanol–water partition coefficient (Wildman–Crippen LogP) is 13.8. The van der Waals surface area contributed by atoms with Gasteiger partial charge in [0.2, 0.25) is 0 Å². The highest BCUT2D eigenvalue weighted by atomic mass is 16.5. The SMILES string of the molecule is c1ccc(-c2nc(-c3cccc(-c4ccc5c(c4)Oc4ccccc4C54c5ccccc5-c5ccccc54)c3)nc(-c3ccc(-c4ccccc4)c4ccccc34)n2)cc1. The molecule has 0 saturated carbocycles. The topological polar surface area (TPSA) is 47.9 Å². The van der Waals surface area contributed by atoms with Crippen molar-refractivity contribution in [1.29, 1.82) is 0 Å². The molecule has 9 aromatic carbocycles. The van der Waals surface area contributed by atoms with Gasteiger partial charge in [0.25, 0.3) is 0 Å². The van der Waals surface area contributed by atoms with E-state index in [-0.39, 0.29) is 0 Å². The van der Waals surface area contributed by atoms with Crippen molar-refractivity contribution in [3.05, 3.63) is 235 Å². The van der Waals surface area contributed by atoms with Crippen molar-refractivity contribution < 1.29 is 4.74 Å². The van der Waals surface area contributed by atoms with Crippen LogP contribution in [0.2, 0.25) is 0 Å². The molecule has 0 bridgehead atoms. The van der Waals surface area contributed by atoms with Crippen molar-refractivity contribution in [2.75, 3.05) is 0 Å². The molecule has 12 rings (SSSR count). The van der Waals surface area contributed by atoms with E-state index in [1.165, 1.54) is 33.4 Å². The third kappa shape index (κ3) is 5.21. The highest BCUT2D eigenvalue weighted by Crippen LogP contribution is 2.62. The van der Waals surface area contributed by atoms with Crippen molar-refractivity contribution in [1.82, 2.24) is 15.0 Å². The molecule has 4 nitrogen and oxygen atoms in total. The molecule has 0 atom stereocenters. The van der Waals surface area contributed by atoms with Crippen molar-refractivity contribution in [3.8, 4) is 79.0 Å². The van der Waals surface area contributed by atoms with Crippen molar-refractivity contribution in [3.63, 3.8) is 0 Å². The van der Waals surface area contributed by atoms with E-state index in [0.717, 1.165) is 61.2 Å². The Morgan fingerprint density at radius 1 is 0.283 bits per heavy atom. The van der Waals surface area contributed by atoms with Gasteiger partial charge in [-0.05, 0) is 79.5 Å². The Morgan fingerprint density at radius 3 is 1.52 bits per heavy atom. The number of benzene rings is 9. The number of rotatable bonds is 5. The summed E-state index contributed by atoms with van der Waals surface area (Å²) in [6.45, 7) is 0. The smallest absolute Gasteiger partial charge is 0.164 e. The van der Waals surface area contributed by atoms with E-state index in [2.05, 4.69) is 194 Å². The van der Waals surface area contributed by atoms with Crippen LogP contribution in [0.15, 0.2) is 212 Å². The van der Waals surface area contributed by atoms with Crippen molar-refractivity contribution >= 4 is 10.8 Å². The number of hydrogen-bond acceptors (Lipinski definition) is 4. The maximum Gasteiger partial charge on any atom is 0.164 e. The van der Waals surface area contributed by atoms with Crippen LogP contribution in [0.3, 0.4) is 0 Å². The lowest BCUT2D eigenvalue weighted by Gasteiger charge is -2.39. The highest BCUT2D eigenvalue weighted by Gasteiger charge is 2.50. The van der Waals surface area contributed by atoms with Gasteiger partial charge in [-0.2, -0.15) is 0 Å². The third-order valence-corrected chi connectivity index (χ3v) is 12.2. The Hall–Kier alpha value is -7.95. The number of hydrogen-bond donors (Lipinski definition) is 0. The molecule has 4 heteroatoms. The van der Waals surface area contributed by atoms with Gasteiger partial charge < -0.3 is 4.74 Å². The minimum atomic E-state index is -0.504. The molecular formula is C56H35N3O. The second kappa shape index (κ2) is 13.6. The van der Waals surface area contributed by atoms with Gasteiger partial charge in [0.1, 0.15) is 11.5 Å². The first kappa shape index (κ1) is 34.1. The Labute approximate surface area is 348 Å². The zero-order valence-corrected chi connectivity index (χ0v) is 32.5. The summed E-state index contributed by atoms with van der Waals surface area (Å²) in [7, 11) is 0. The fourth-order valence-corrected chi connectivity index (χ4v) is 9.58. The van der Waals surface area contributed by atoms with Gasteiger partial charge in [-0.25, -0.2) is 15.0 Å². The maximum absolute atomic E-state index is 6.84. The van der Waals surface area contributed by atoms with E-state index in [1.54, 1.807) is 0 Å². The molecule has 1 aromatic heterocycles. The molecule has 0 saturated heterocycles. The quantitative estimate of drug-likeness (QED) is 0.175. The van der Waals surface area contributed by atoms with Crippen LogP contribution in [-0.2, 0) is 5.41 Å². The van der Waals surface area contributed by atoms with E-state index in [9.17, 15) is 0 Å². The van der Waals surface area contributed by atoms with E-state index in [0.29, 0.717) is 17.5 Å². The minimum absolute atomic E-state index is 0.504. The van der Waals surface area contributed by atoms with Crippen LogP contribution in [0, 0.1) is 0 Å². The summed E-state index contributed by atoms with van der Waals surface area (Å²) in [4.78, 5) is 15.5. The molecule has 0 fully saturated rings. The van der Waals surface area contributed by atoms with Gasteiger partial charge in [0, 0.05) is 27.8 Å². The van der Waals surface area contributed by atoms with Crippen LogP contribution < -0.4 is 4.74 Å². The van der Waals surface area contributed by atoms with Gasteiger partial charge in [0.15, 0.2) is 17.5 Å². The maximum atomic E-state index is 6.84. The molecule has 0 amide bonds. The fourth-order valence-electron chi connectivity index (χ4n) is 9.58. The largest absolute Gasteiger partial charge is 0.457 e. The Kier molecular flexibility index (Phi) is 7.72. The van der Waals surface area contributed by atoms with E-state index in [4.69, 9.17) is 19.7 Å². The summed E-state index contributed by atoms with van der Waals surface area (Å²) in [5.74, 6) is 3.59. The number of aromatic nitrogens is 3. The number of fused-ring (bicyclic) bond motifs is 10. The van der Waals surface area contributed by atoms with Crippen LogP contribution in [-0.4, -0.2) is 15.0 Å². The molecule has 0 radical (unpaired) electrons. The fraction of sp³-hybridized carbons (Fsp3) is 0.0179. The molecule has 1 spiro atoms. The summed E-state index contributed by atoms with van der Waals surface area (Å²) in [6, 6.07) is 74.9. The third-order valence-electron chi connectivity index (χ3n) is 12.2. The summed E-state index contributed by atoms with van der Waals surface area (Å²) < 4.78 is 6.84. The van der Waals surface area contributed by atoms with Crippen LogP contribution in [0.4, 0.5) is 0 Å². The number of nitrogens with zero attached hydrogens (tertiary/aromatic N) is 3. The minimum Gasteiger partial charge on any atom is -0.457 e. The number of para-hydroxylation sites is 1. The van der Waals surface area contributed by atoms with Gasteiger partial charge >= 0.3 is 0 Å². The van der Waals surface area contributed by atoms with Gasteiger partial charge in [0.05, 0.1) is 5.41 Å². The first-order chi connectivity index (χ1) is 29.7. The summed E-state index contributed by atoms with van der Waals surface area (Å²) in [6.07, 6.45) is 0. The lowest BCUT2D eigenvalue weighted by molar-refractivity contribution is 0.436. The molecule has 10 aromatic rings. The van der Waals surface area contributed by atoms with E-state index < -0.39 is 5.41 Å². The molecule has 0 unspecified atom stereocenters. The monoisotopic (exact) mass is 765 g/mol. The Balaban J connectivity index is 1.00. The predicted molar refractivity (Wildman–Crippen MR) is 242 cm³/mol. The van der Waals surface area contributed by atoms with Crippen LogP contribution in [0.25, 0.3) is 78.3 Å². The standard InChI is InChI=1S/C56H35N3O/c1-3-16-36(17-4-1)41-31-32-46(43-23-8-7-22-42(41)43)55-58-53(37-18-5-2-6-19-37)57-54(59-55)40-21-15-20-38(34-40)39-30-33-50-52(35-39)60-51-29-14-13-28-49(51)56(50)47-26-11-9-24-44(47)45-25-10-12-27-48(45)56/h1-35H. The molecular weight excluding hydrogens is 731 g/mol. The highest BCUT2D eigenvalue weighted by molar-refractivity contribution is 6.04. The molecule has 280 valence electrons. The van der Waals surface area contributed by atoms with Crippen LogP contribution in [0.5, 0.6) is 11.5 Å². The van der Waals surface area contributed by atoms with E-state index in [1.807, 2.05) is 18.2 Å². The normalized spacial score (nSPS) is 12.9. The van der Waals surface area contributed by atoms with Gasteiger partial charge in [-0.15, -0.1) is 0 Å². The average Bonchev–Trinajstić information content (AvgIpc) is 3.62. The first-order valence-electron chi connectivity index (χ1n) is 20.4. The zero-order valence-electron chi connectivity index (χ0n) is 32.5. The lowest BCUT2D eigenvalue weighted by Crippen LogP contribution is -2.32. The summed E-state index contributed by atoms with van der Waals surface area (Å²) in [5.41, 5.74) is 14.1. The molecule has 60 heavy (non-hydrogen) atoms. The second-order valence-corrected chi connectivity index (χ2v) is 15.5. The summed E-state index contributed by atoms with van der Waals surface area (Å²) >= 11 is 0. The molecule has 0 N–H and O–H groups in total. The first-order valence-corrected chi connectivity index (χ1v) is 20.4. The molecule has 2 heterocycles. The van der Waals surface area contributed by atoms with E-state index >= 15 is 0 Å². The van der Waals surface area contributed by atoms with Crippen LogP contribution in [0.1, 0.15) is 22.3 Å². The second-order valence-electron chi connectivity index (χ2n) is 15.5. The van der Waals surface area contributed by atoms with Crippen LogP contribution >= 0.6 is 0 Å². The summed E-state index contributed by atoms with van der Waals surface area (Å²) in [5, 5.41) is 2.24. The van der Waals surface area contributed by atoms with Crippen molar-refractivity contribution in [2.24, 2.45) is 0 Å². The zero-order chi connectivity index (χ0) is 39.6. The molecule has 1 aliphatic heterocycles.